The number of hydrogen-bond donors (Lipinski definition) is 0. The van der Waals surface area contributed by atoms with Crippen molar-refractivity contribution in [2.24, 2.45) is 0 Å². The van der Waals surface area contributed by atoms with Gasteiger partial charge >= 0.3 is 0 Å². The Balaban J connectivity index is 0.00000147. The van der Waals surface area contributed by atoms with Gasteiger partial charge in [0.15, 0.2) is 5.65 Å². The molecule has 2 aromatic heterocycles. The molecular weight excluding hydrogens is 246 g/mol. The van der Waals surface area contributed by atoms with Gasteiger partial charge < -0.3 is 0 Å². The maximum Gasteiger partial charge on any atom is 0.157 e. The van der Waals surface area contributed by atoms with Crippen LogP contribution in [0.25, 0.3) is 11.0 Å². The van der Waals surface area contributed by atoms with Crippen molar-refractivity contribution in [1.82, 2.24) is 14.8 Å². The van der Waals surface area contributed by atoms with E-state index in [9.17, 15) is 0 Å². The highest BCUT2D eigenvalue weighted by molar-refractivity contribution is 5.75. The second-order valence-electron chi connectivity index (χ2n) is 5.74. The van der Waals surface area contributed by atoms with Crippen molar-refractivity contribution in [3.8, 4) is 0 Å². The van der Waals surface area contributed by atoms with Crippen molar-refractivity contribution in [1.29, 1.82) is 0 Å². The van der Waals surface area contributed by atoms with Crippen molar-refractivity contribution in [2.75, 3.05) is 0 Å². The van der Waals surface area contributed by atoms with Crippen LogP contribution in [-0.2, 0) is 6.42 Å². The molecule has 0 atom stereocenters. The maximum absolute atomic E-state index is 4.67. The first-order valence-corrected chi connectivity index (χ1v) is 7.70. The predicted octanol–water partition coefficient (Wildman–Crippen LogP) is 4.92. The van der Waals surface area contributed by atoms with Crippen LogP contribution in [0.2, 0.25) is 0 Å². The van der Waals surface area contributed by atoms with Crippen LogP contribution >= 0.6 is 0 Å². The van der Waals surface area contributed by atoms with E-state index >= 15 is 0 Å². The molecule has 20 heavy (non-hydrogen) atoms. The van der Waals surface area contributed by atoms with Crippen LogP contribution in [0.1, 0.15) is 70.9 Å². The Labute approximate surface area is 122 Å². The molecule has 0 spiro atoms. The van der Waals surface area contributed by atoms with Gasteiger partial charge in [-0.15, -0.1) is 0 Å². The lowest BCUT2D eigenvalue weighted by molar-refractivity contribution is 0.336. The number of aromatic nitrogens is 3. The second kappa shape index (κ2) is 6.87. The minimum Gasteiger partial charge on any atom is -0.244 e. The van der Waals surface area contributed by atoms with Crippen molar-refractivity contribution in [3.63, 3.8) is 0 Å². The van der Waals surface area contributed by atoms with Crippen LogP contribution < -0.4 is 0 Å². The van der Waals surface area contributed by atoms with Crippen molar-refractivity contribution in [2.45, 2.75) is 71.8 Å². The van der Waals surface area contributed by atoms with E-state index in [0.717, 1.165) is 12.1 Å². The predicted molar refractivity (Wildman–Crippen MR) is 85.0 cm³/mol. The van der Waals surface area contributed by atoms with Gasteiger partial charge in [0.25, 0.3) is 0 Å². The molecule has 0 radical (unpaired) electrons. The molecule has 110 valence electrons. The second-order valence-corrected chi connectivity index (χ2v) is 5.74. The number of hydrogen-bond acceptors (Lipinski definition) is 2. The summed E-state index contributed by atoms with van der Waals surface area (Å²) in [5.74, 6) is 0. The van der Waals surface area contributed by atoms with E-state index in [-0.39, 0.29) is 7.43 Å². The van der Waals surface area contributed by atoms with E-state index in [1.54, 1.807) is 0 Å². The molecule has 2 aromatic rings. The van der Waals surface area contributed by atoms with Crippen molar-refractivity contribution >= 4 is 11.0 Å². The molecule has 3 heteroatoms. The van der Waals surface area contributed by atoms with Crippen LogP contribution in [0, 0.1) is 0 Å². The maximum atomic E-state index is 4.67. The average Bonchev–Trinajstić information content (AvgIpc) is 2.89. The van der Waals surface area contributed by atoms with Crippen molar-refractivity contribution < 1.29 is 0 Å². The summed E-state index contributed by atoms with van der Waals surface area (Å²) >= 11 is 0. The monoisotopic (exact) mass is 273 g/mol. The molecule has 2 heterocycles. The minimum absolute atomic E-state index is 0. The molecular formula is C17H27N3. The van der Waals surface area contributed by atoms with Crippen LogP contribution in [0.15, 0.2) is 18.5 Å². The number of pyridine rings is 1. The van der Waals surface area contributed by atoms with Gasteiger partial charge in [0, 0.05) is 11.6 Å². The molecule has 0 amide bonds. The van der Waals surface area contributed by atoms with E-state index in [0.29, 0.717) is 6.04 Å². The number of rotatable bonds is 4. The zero-order chi connectivity index (χ0) is 13.1. The van der Waals surface area contributed by atoms with E-state index in [4.69, 9.17) is 0 Å². The molecule has 1 saturated carbocycles. The van der Waals surface area contributed by atoms with E-state index in [2.05, 4.69) is 27.8 Å². The summed E-state index contributed by atoms with van der Waals surface area (Å²) in [4.78, 5) is 4.67. The highest BCUT2D eigenvalue weighted by atomic mass is 15.3. The fourth-order valence-electron chi connectivity index (χ4n) is 3.10. The summed E-state index contributed by atoms with van der Waals surface area (Å²) in [6, 6.07) is 2.84. The Hall–Kier alpha value is -1.38. The lowest BCUT2D eigenvalue weighted by Crippen LogP contribution is -2.14. The smallest absolute Gasteiger partial charge is 0.157 e. The lowest BCUT2D eigenvalue weighted by atomic mass is 9.96. The highest BCUT2D eigenvalue weighted by Crippen LogP contribution is 2.29. The number of fused-ring (bicyclic) bond motifs is 1. The quantitative estimate of drug-likeness (QED) is 0.792. The van der Waals surface area contributed by atoms with Crippen LogP contribution in [0.5, 0.6) is 0 Å². The highest BCUT2D eigenvalue weighted by Gasteiger charge is 2.18. The van der Waals surface area contributed by atoms with E-state index in [1.807, 2.05) is 12.4 Å². The third kappa shape index (κ3) is 3.02. The van der Waals surface area contributed by atoms with Crippen LogP contribution in [0.3, 0.4) is 0 Å². The SMILES string of the molecule is C.CCCCc1cnc2c(cnn2C2CCCCC2)c1. The van der Waals surface area contributed by atoms with Gasteiger partial charge in [-0.05, 0) is 37.3 Å². The van der Waals surface area contributed by atoms with E-state index in [1.165, 1.54) is 55.9 Å². The summed E-state index contributed by atoms with van der Waals surface area (Å²) in [5, 5.41) is 5.80. The zero-order valence-corrected chi connectivity index (χ0v) is 11.8. The molecule has 3 nitrogen and oxygen atoms in total. The fourth-order valence-corrected chi connectivity index (χ4v) is 3.10. The zero-order valence-electron chi connectivity index (χ0n) is 11.8. The number of unbranched alkanes of at least 4 members (excludes halogenated alkanes) is 1. The van der Waals surface area contributed by atoms with E-state index < -0.39 is 0 Å². The van der Waals surface area contributed by atoms with Gasteiger partial charge in [0.05, 0.1) is 12.2 Å². The number of nitrogens with zero attached hydrogens (tertiary/aromatic N) is 3. The number of aryl methyl sites for hydroxylation is 1. The lowest BCUT2D eigenvalue weighted by Gasteiger charge is -2.22. The molecule has 0 N–H and O–H groups in total. The van der Waals surface area contributed by atoms with Crippen LogP contribution in [-0.4, -0.2) is 14.8 Å². The third-order valence-corrected chi connectivity index (χ3v) is 4.23. The fraction of sp³-hybridized carbons (Fsp3) is 0.647. The summed E-state index contributed by atoms with van der Waals surface area (Å²) in [6.07, 6.45) is 14.2. The van der Waals surface area contributed by atoms with Gasteiger partial charge in [-0.25, -0.2) is 9.67 Å². The molecule has 0 bridgehead atoms. The Bertz CT molecular complexity index is 538. The van der Waals surface area contributed by atoms with Crippen molar-refractivity contribution in [3.05, 3.63) is 24.0 Å². The molecule has 1 aliphatic rings. The topological polar surface area (TPSA) is 30.7 Å². The molecule has 0 saturated heterocycles. The van der Waals surface area contributed by atoms with Crippen LogP contribution in [0.4, 0.5) is 0 Å². The summed E-state index contributed by atoms with van der Waals surface area (Å²) in [5.41, 5.74) is 2.42. The summed E-state index contributed by atoms with van der Waals surface area (Å²) < 4.78 is 2.16. The average molecular weight is 273 g/mol. The van der Waals surface area contributed by atoms with Gasteiger partial charge in [0.2, 0.25) is 0 Å². The largest absolute Gasteiger partial charge is 0.244 e. The molecule has 1 aliphatic carbocycles. The van der Waals surface area contributed by atoms with Gasteiger partial charge in [-0.1, -0.05) is 40.0 Å². The standard InChI is InChI=1S/C16H23N3.CH4/c1-2-3-7-13-10-14-12-18-19(16(14)17-11-13)15-8-5-4-6-9-15;/h10-12,15H,2-9H2,1H3;1H4. The normalized spacial score (nSPS) is 16.2. The Morgan fingerprint density at radius 2 is 2.00 bits per heavy atom. The van der Waals surface area contributed by atoms with Gasteiger partial charge in [0.1, 0.15) is 0 Å². The summed E-state index contributed by atoms with van der Waals surface area (Å²) in [6.45, 7) is 2.23. The first-order valence-electron chi connectivity index (χ1n) is 7.70. The first kappa shape index (κ1) is 15.0. The van der Waals surface area contributed by atoms with Gasteiger partial charge in [-0.2, -0.15) is 5.10 Å². The van der Waals surface area contributed by atoms with Gasteiger partial charge in [-0.3, -0.25) is 0 Å². The Morgan fingerprint density at radius 1 is 1.20 bits per heavy atom. The molecule has 3 rings (SSSR count). The molecule has 0 unspecified atom stereocenters. The molecule has 1 fully saturated rings. The Kier molecular flexibility index (Phi) is 5.16. The first-order chi connectivity index (χ1) is 9.38. The molecule has 0 aromatic carbocycles. The third-order valence-electron chi connectivity index (χ3n) is 4.23. The Morgan fingerprint density at radius 3 is 2.75 bits per heavy atom. The molecule has 0 aliphatic heterocycles. The summed E-state index contributed by atoms with van der Waals surface area (Å²) in [7, 11) is 0. The minimum atomic E-state index is 0.